The molecule has 3 aromatic carbocycles. The van der Waals surface area contributed by atoms with Crippen LogP contribution in [0.15, 0.2) is 94.2 Å². The van der Waals surface area contributed by atoms with Gasteiger partial charge in [-0.2, -0.15) is 8.42 Å². The molecular weight excluding hydrogens is 439 g/mol. The fourth-order valence-electron chi connectivity index (χ4n) is 3.06. The maximum absolute atomic E-state index is 11.9. The monoisotopic (exact) mass is 458 g/mol. The Bertz CT molecular complexity index is 1380. The van der Waals surface area contributed by atoms with Crippen LogP contribution in [0, 0.1) is 0 Å². The Balaban J connectivity index is 0.00000289. The summed E-state index contributed by atoms with van der Waals surface area (Å²) in [4.78, 5) is 3.69. The molecule has 32 heavy (non-hydrogen) atoms. The Kier molecular flexibility index (Phi) is 7.60. The number of pyridine rings is 1. The zero-order chi connectivity index (χ0) is 21.8. The van der Waals surface area contributed by atoms with Crippen LogP contribution in [0.1, 0.15) is 5.56 Å². The van der Waals surface area contributed by atoms with Crippen LogP contribution in [-0.4, -0.2) is 47.5 Å². The molecule has 158 valence electrons. The van der Waals surface area contributed by atoms with Crippen LogP contribution in [0.4, 0.5) is 17.1 Å². The van der Waals surface area contributed by atoms with Crippen LogP contribution in [0.5, 0.6) is 5.75 Å². The van der Waals surface area contributed by atoms with E-state index in [1.165, 1.54) is 6.07 Å². The average Bonchev–Trinajstić information content (AvgIpc) is 2.78. The second-order valence-electron chi connectivity index (χ2n) is 6.64. The zero-order valence-corrected chi connectivity index (χ0v) is 17.0. The molecule has 4 aromatic rings. The molecule has 0 aliphatic rings. The molecule has 0 aliphatic heterocycles. The van der Waals surface area contributed by atoms with Gasteiger partial charge in [-0.15, -0.1) is 10.2 Å². The molecule has 4 rings (SSSR count). The zero-order valence-electron chi connectivity index (χ0n) is 16.2. The summed E-state index contributed by atoms with van der Waals surface area (Å²) in [7, 11) is -4.49. The molecule has 0 aliphatic carbocycles. The number of anilines is 1. The van der Waals surface area contributed by atoms with Gasteiger partial charge in [0.1, 0.15) is 28.6 Å². The molecule has 1 aromatic heterocycles. The van der Waals surface area contributed by atoms with Crippen molar-refractivity contribution in [1.82, 2.24) is 4.98 Å². The molecule has 0 saturated heterocycles. The van der Waals surface area contributed by atoms with E-state index in [2.05, 4.69) is 15.2 Å². The van der Waals surface area contributed by atoms with Gasteiger partial charge >= 0.3 is 29.6 Å². The predicted molar refractivity (Wildman–Crippen MR) is 125 cm³/mol. The fraction of sp³-hybridized carbons (Fsp3) is 0.0455. The number of hydrogen-bond acceptors (Lipinski definition) is 7. The van der Waals surface area contributed by atoms with Crippen molar-refractivity contribution < 1.29 is 17.7 Å². The summed E-state index contributed by atoms with van der Waals surface area (Å²) in [6, 6.07) is 18.5. The van der Waals surface area contributed by atoms with E-state index in [4.69, 9.17) is 10.5 Å². The Morgan fingerprint density at radius 2 is 1.53 bits per heavy atom. The van der Waals surface area contributed by atoms with E-state index in [1.54, 1.807) is 54.9 Å². The number of hydrogen-bond donors (Lipinski definition) is 2. The van der Waals surface area contributed by atoms with Crippen LogP contribution in [0.3, 0.4) is 0 Å². The summed E-state index contributed by atoms with van der Waals surface area (Å²) in [6.07, 6.45) is 3.36. The fourth-order valence-corrected chi connectivity index (χ4v) is 3.77. The number of rotatable bonds is 6. The van der Waals surface area contributed by atoms with E-state index >= 15 is 0 Å². The van der Waals surface area contributed by atoms with Gasteiger partial charge in [0.15, 0.2) is 0 Å². The van der Waals surface area contributed by atoms with E-state index in [-0.39, 0.29) is 45.8 Å². The summed E-state index contributed by atoms with van der Waals surface area (Å²) < 4.78 is 39.2. The Hall–Kier alpha value is -2.82. The first-order valence-electron chi connectivity index (χ1n) is 9.24. The Morgan fingerprint density at radius 3 is 2.25 bits per heavy atom. The first kappa shape index (κ1) is 23.8. The molecule has 0 saturated carbocycles. The number of nitrogens with zero attached hydrogens (tertiary/aromatic N) is 3. The second-order valence-corrected chi connectivity index (χ2v) is 8.03. The normalized spacial score (nSPS) is 11.4. The topological polar surface area (TPSA) is 127 Å². The number of benzene rings is 3. The van der Waals surface area contributed by atoms with Crippen molar-refractivity contribution in [3.63, 3.8) is 0 Å². The van der Waals surface area contributed by atoms with Gasteiger partial charge in [-0.25, -0.2) is 0 Å². The van der Waals surface area contributed by atoms with E-state index in [1.807, 2.05) is 18.2 Å². The van der Waals surface area contributed by atoms with Gasteiger partial charge < -0.3 is 10.5 Å². The first-order chi connectivity index (χ1) is 14.9. The van der Waals surface area contributed by atoms with Crippen LogP contribution in [0.2, 0.25) is 0 Å². The van der Waals surface area contributed by atoms with Crippen molar-refractivity contribution in [3.8, 4) is 5.75 Å². The molecular formula is C22H19N4NaO4S. The number of azo groups is 1. The molecule has 3 N–H and O–H groups in total. The van der Waals surface area contributed by atoms with Crippen LogP contribution < -0.4 is 10.5 Å². The van der Waals surface area contributed by atoms with Crippen molar-refractivity contribution >= 4 is 67.5 Å². The summed E-state index contributed by atoms with van der Waals surface area (Å²) >= 11 is 0. The molecule has 8 nitrogen and oxygen atoms in total. The van der Waals surface area contributed by atoms with E-state index < -0.39 is 10.1 Å². The first-order valence-corrected chi connectivity index (χ1v) is 10.7. The Morgan fingerprint density at radius 1 is 0.906 bits per heavy atom. The predicted octanol–water partition coefficient (Wildman–Crippen LogP) is 4.41. The molecule has 0 spiro atoms. The van der Waals surface area contributed by atoms with E-state index in [9.17, 15) is 13.0 Å². The van der Waals surface area contributed by atoms with Gasteiger partial charge in [0.2, 0.25) is 0 Å². The summed E-state index contributed by atoms with van der Waals surface area (Å²) in [5.74, 6) is 0.498. The summed E-state index contributed by atoms with van der Waals surface area (Å²) in [5, 5.41) is 9.12. The van der Waals surface area contributed by atoms with Gasteiger partial charge in [-0.3, -0.25) is 9.54 Å². The molecule has 0 unspecified atom stereocenters. The second kappa shape index (κ2) is 10.2. The van der Waals surface area contributed by atoms with Gasteiger partial charge in [0.25, 0.3) is 10.1 Å². The summed E-state index contributed by atoms with van der Waals surface area (Å²) in [5.41, 5.74) is 7.96. The van der Waals surface area contributed by atoms with Crippen LogP contribution in [-0.2, 0) is 16.7 Å². The van der Waals surface area contributed by atoms with Crippen molar-refractivity contribution in [2.45, 2.75) is 11.5 Å². The molecule has 10 heteroatoms. The van der Waals surface area contributed by atoms with Crippen molar-refractivity contribution in [3.05, 3.63) is 84.7 Å². The number of fused-ring (bicyclic) bond motifs is 1. The number of nitrogens with two attached hydrogens (primary N) is 1. The molecule has 0 radical (unpaired) electrons. The standard InChI is InChI=1S/C22H18N4O4S.Na.H/c23-22-17-6-2-1-5-16(17)21(31(27,28)29)13-19(22)26-25-18-7-3-4-8-20(18)30-14-15-9-11-24-12-10-15;;/h1-13H,14,23H2,(H,27,28,29);;. The van der Waals surface area contributed by atoms with Gasteiger partial charge in [0.05, 0.1) is 5.69 Å². The maximum atomic E-state index is 11.9. The van der Waals surface area contributed by atoms with Gasteiger partial charge in [-0.1, -0.05) is 36.4 Å². The van der Waals surface area contributed by atoms with Crippen molar-refractivity contribution in [2.24, 2.45) is 10.2 Å². The third-order valence-corrected chi connectivity index (χ3v) is 5.47. The van der Waals surface area contributed by atoms with Crippen molar-refractivity contribution in [2.75, 3.05) is 5.73 Å². The number of aromatic nitrogens is 1. The molecule has 0 fully saturated rings. The van der Waals surface area contributed by atoms with Crippen LogP contribution in [0.25, 0.3) is 10.8 Å². The van der Waals surface area contributed by atoms with Gasteiger partial charge in [-0.05, 0) is 35.9 Å². The van der Waals surface area contributed by atoms with Crippen LogP contribution >= 0.6 is 0 Å². The Labute approximate surface area is 207 Å². The minimum absolute atomic E-state index is 0. The molecule has 0 amide bonds. The molecule has 1 heterocycles. The third-order valence-electron chi connectivity index (χ3n) is 4.58. The third kappa shape index (κ3) is 5.32. The summed E-state index contributed by atoms with van der Waals surface area (Å²) in [6.45, 7) is 0.320. The van der Waals surface area contributed by atoms with Crippen molar-refractivity contribution in [1.29, 1.82) is 0 Å². The number of para-hydroxylation sites is 1. The molecule has 0 atom stereocenters. The SMILES string of the molecule is Nc1c(N=Nc2ccccc2OCc2ccncc2)cc(S(=O)(=O)O)c2ccccc12.[NaH]. The minimum atomic E-state index is -4.49. The quantitative estimate of drug-likeness (QED) is 0.191. The number of ether oxygens (including phenoxy) is 1. The van der Waals surface area contributed by atoms with E-state index in [0.717, 1.165) is 5.56 Å². The number of nitrogen functional groups attached to an aromatic ring is 1. The van der Waals surface area contributed by atoms with E-state index in [0.29, 0.717) is 28.8 Å². The van der Waals surface area contributed by atoms with Gasteiger partial charge in [0, 0.05) is 23.2 Å². The average molecular weight is 458 g/mol. The molecule has 0 bridgehead atoms.